The van der Waals surface area contributed by atoms with Gasteiger partial charge in [-0.05, 0) is 30.5 Å². The van der Waals surface area contributed by atoms with Crippen molar-refractivity contribution < 1.29 is 19.6 Å². The van der Waals surface area contributed by atoms with E-state index in [1.165, 1.54) is 18.3 Å². The van der Waals surface area contributed by atoms with E-state index in [0.29, 0.717) is 12.0 Å². The molecule has 1 aliphatic carbocycles. The normalized spacial score (nSPS) is 16.3. The van der Waals surface area contributed by atoms with Crippen LogP contribution in [0.4, 0.5) is 5.69 Å². The van der Waals surface area contributed by atoms with Gasteiger partial charge in [0, 0.05) is 17.0 Å². The fraction of sp³-hybridized carbons (Fsp3) is 0.200. The predicted octanol–water partition coefficient (Wildman–Crippen LogP) is 4.16. The maximum atomic E-state index is 13.0. The highest BCUT2D eigenvalue weighted by Gasteiger charge is 2.60. The number of amides is 1. The molecule has 0 saturated heterocycles. The third-order valence-electron chi connectivity index (χ3n) is 5.82. The summed E-state index contributed by atoms with van der Waals surface area (Å²) in [5, 5.41) is 25.2. The first-order valence-electron chi connectivity index (χ1n) is 10.6. The Morgan fingerprint density at radius 2 is 1.79 bits per heavy atom. The van der Waals surface area contributed by atoms with Crippen LogP contribution in [0, 0.1) is 16.0 Å². The van der Waals surface area contributed by atoms with Crippen LogP contribution < -0.4 is 10.2 Å². The van der Waals surface area contributed by atoms with Crippen molar-refractivity contribution in [1.82, 2.24) is 5.43 Å². The third-order valence-corrected chi connectivity index (χ3v) is 5.82. The largest absolute Gasteiger partial charge is 0.500 e. The standard InChI is InChI=1S/C25H23N3O5/c1-2-33-22-14-17(13-21(23(22)29)28(31)32)16-26-27-24(30)20-15-25(20,18-9-5-3-6-10-18)19-11-7-4-8-12-19/h3-14,16,20,29H,2,15H2,1H3,(H,27,30)/b26-16-/t20-/m0/s1. The summed E-state index contributed by atoms with van der Waals surface area (Å²) < 4.78 is 5.27. The molecule has 0 aliphatic heterocycles. The van der Waals surface area contributed by atoms with E-state index in [1.807, 2.05) is 60.7 Å². The molecule has 3 aromatic carbocycles. The maximum Gasteiger partial charge on any atom is 0.315 e. The highest BCUT2D eigenvalue weighted by molar-refractivity contribution is 5.88. The fourth-order valence-electron chi connectivity index (χ4n) is 4.20. The summed E-state index contributed by atoms with van der Waals surface area (Å²) in [5.41, 5.74) is 4.09. The van der Waals surface area contributed by atoms with E-state index in [0.717, 1.165) is 11.1 Å². The molecule has 168 valence electrons. The van der Waals surface area contributed by atoms with Crippen LogP contribution in [0.5, 0.6) is 11.5 Å². The number of ether oxygens (including phenoxy) is 1. The number of carbonyl (C=O) groups is 1. The molecule has 3 aromatic rings. The second-order valence-corrected chi connectivity index (χ2v) is 7.77. The summed E-state index contributed by atoms with van der Waals surface area (Å²) in [5.74, 6) is -1.10. The van der Waals surface area contributed by atoms with Gasteiger partial charge in [0.25, 0.3) is 0 Å². The number of benzene rings is 3. The van der Waals surface area contributed by atoms with Crippen LogP contribution in [-0.4, -0.2) is 28.8 Å². The zero-order chi connectivity index (χ0) is 23.4. The number of hydrogen-bond donors (Lipinski definition) is 2. The van der Waals surface area contributed by atoms with Gasteiger partial charge in [-0.1, -0.05) is 60.7 Å². The van der Waals surface area contributed by atoms with Crippen LogP contribution in [-0.2, 0) is 10.2 Å². The van der Waals surface area contributed by atoms with Gasteiger partial charge in [0.15, 0.2) is 5.75 Å². The molecular formula is C25H23N3O5. The summed E-state index contributed by atoms with van der Waals surface area (Å²) >= 11 is 0. The van der Waals surface area contributed by atoms with Gasteiger partial charge in [0.1, 0.15) is 0 Å². The molecule has 1 amide bonds. The first-order valence-corrected chi connectivity index (χ1v) is 10.6. The Morgan fingerprint density at radius 1 is 1.18 bits per heavy atom. The number of phenolic OH excluding ortho intramolecular Hbond substituents is 1. The number of carbonyl (C=O) groups excluding carboxylic acids is 1. The molecule has 0 unspecified atom stereocenters. The van der Waals surface area contributed by atoms with Gasteiger partial charge in [-0.2, -0.15) is 5.10 Å². The maximum absolute atomic E-state index is 13.0. The average Bonchev–Trinajstić information content (AvgIpc) is 3.59. The fourth-order valence-corrected chi connectivity index (χ4v) is 4.20. The van der Waals surface area contributed by atoms with Gasteiger partial charge in [0.05, 0.1) is 23.7 Å². The van der Waals surface area contributed by atoms with Gasteiger partial charge in [-0.25, -0.2) is 5.43 Å². The van der Waals surface area contributed by atoms with E-state index >= 15 is 0 Å². The minimum absolute atomic E-state index is 0.0196. The summed E-state index contributed by atoms with van der Waals surface area (Å²) in [6, 6.07) is 22.4. The lowest BCUT2D eigenvalue weighted by Gasteiger charge is -2.18. The number of nitro benzene ring substituents is 1. The van der Waals surface area contributed by atoms with Crippen LogP contribution >= 0.6 is 0 Å². The van der Waals surface area contributed by atoms with Gasteiger partial charge in [-0.15, -0.1) is 0 Å². The Labute approximate surface area is 190 Å². The van der Waals surface area contributed by atoms with Crippen molar-refractivity contribution in [3.63, 3.8) is 0 Å². The van der Waals surface area contributed by atoms with Crippen molar-refractivity contribution in [1.29, 1.82) is 0 Å². The number of nitro groups is 1. The monoisotopic (exact) mass is 445 g/mol. The lowest BCUT2D eigenvalue weighted by atomic mass is 9.85. The average molecular weight is 445 g/mol. The lowest BCUT2D eigenvalue weighted by Crippen LogP contribution is -2.25. The summed E-state index contributed by atoms with van der Waals surface area (Å²) in [6.07, 6.45) is 1.95. The summed E-state index contributed by atoms with van der Waals surface area (Å²) in [6.45, 7) is 1.93. The van der Waals surface area contributed by atoms with Crippen LogP contribution in [0.1, 0.15) is 30.0 Å². The lowest BCUT2D eigenvalue weighted by molar-refractivity contribution is -0.386. The van der Waals surface area contributed by atoms with E-state index in [-0.39, 0.29) is 24.2 Å². The van der Waals surface area contributed by atoms with Crippen molar-refractivity contribution >= 4 is 17.8 Å². The molecule has 1 aliphatic rings. The molecule has 8 nitrogen and oxygen atoms in total. The minimum Gasteiger partial charge on any atom is -0.500 e. The molecule has 2 N–H and O–H groups in total. The first kappa shape index (κ1) is 22.0. The van der Waals surface area contributed by atoms with E-state index < -0.39 is 21.8 Å². The van der Waals surface area contributed by atoms with Crippen molar-refractivity contribution in [3.8, 4) is 11.5 Å². The molecule has 0 spiro atoms. The Bertz CT molecular complexity index is 1160. The Morgan fingerprint density at radius 3 is 2.33 bits per heavy atom. The van der Waals surface area contributed by atoms with Gasteiger partial charge in [-0.3, -0.25) is 14.9 Å². The van der Waals surface area contributed by atoms with Gasteiger partial charge >= 0.3 is 5.69 Å². The van der Waals surface area contributed by atoms with E-state index in [1.54, 1.807) is 6.92 Å². The van der Waals surface area contributed by atoms with Crippen molar-refractivity contribution in [2.45, 2.75) is 18.8 Å². The van der Waals surface area contributed by atoms with E-state index in [9.17, 15) is 20.0 Å². The van der Waals surface area contributed by atoms with E-state index in [4.69, 9.17) is 4.74 Å². The molecule has 1 atom stereocenters. The van der Waals surface area contributed by atoms with Crippen molar-refractivity contribution in [2.24, 2.45) is 11.0 Å². The molecule has 4 rings (SSSR count). The summed E-state index contributed by atoms with van der Waals surface area (Å²) in [4.78, 5) is 23.5. The highest BCUT2D eigenvalue weighted by Crippen LogP contribution is 2.58. The zero-order valence-electron chi connectivity index (χ0n) is 18.0. The number of hydrogen-bond acceptors (Lipinski definition) is 6. The minimum atomic E-state index is -0.702. The van der Waals surface area contributed by atoms with Crippen LogP contribution in [0.25, 0.3) is 0 Å². The van der Waals surface area contributed by atoms with E-state index in [2.05, 4.69) is 10.5 Å². The topological polar surface area (TPSA) is 114 Å². The Kier molecular flexibility index (Phi) is 6.08. The van der Waals surface area contributed by atoms with Crippen molar-refractivity contribution in [3.05, 3.63) is 99.6 Å². The Balaban J connectivity index is 1.54. The molecular weight excluding hydrogens is 422 g/mol. The number of aromatic hydroxyl groups is 1. The molecule has 1 saturated carbocycles. The van der Waals surface area contributed by atoms with Crippen LogP contribution in [0.2, 0.25) is 0 Å². The van der Waals surface area contributed by atoms with Crippen LogP contribution in [0.15, 0.2) is 77.9 Å². The molecule has 1 fully saturated rings. The number of nitrogens with zero attached hydrogens (tertiary/aromatic N) is 2. The van der Waals surface area contributed by atoms with Crippen LogP contribution in [0.3, 0.4) is 0 Å². The molecule has 0 aromatic heterocycles. The molecule has 0 radical (unpaired) electrons. The highest BCUT2D eigenvalue weighted by atomic mass is 16.6. The second-order valence-electron chi connectivity index (χ2n) is 7.77. The SMILES string of the molecule is CCOc1cc(/C=N\NC(=O)[C@@H]2CC2(c2ccccc2)c2ccccc2)cc([N+](=O)[O-])c1O. The smallest absolute Gasteiger partial charge is 0.315 e. The molecule has 0 bridgehead atoms. The third kappa shape index (κ3) is 4.27. The zero-order valence-corrected chi connectivity index (χ0v) is 18.0. The number of nitrogens with one attached hydrogen (secondary N) is 1. The first-order chi connectivity index (χ1) is 16.0. The molecule has 8 heteroatoms. The second kappa shape index (κ2) is 9.12. The number of phenols is 1. The van der Waals surface area contributed by atoms with Crippen molar-refractivity contribution in [2.75, 3.05) is 6.61 Å². The molecule has 0 heterocycles. The molecule has 33 heavy (non-hydrogen) atoms. The van der Waals surface area contributed by atoms with Gasteiger partial charge in [0.2, 0.25) is 11.7 Å². The quantitative estimate of drug-likeness (QED) is 0.307. The van der Waals surface area contributed by atoms with Gasteiger partial charge < -0.3 is 9.84 Å². The Hall–Kier alpha value is -4.20. The summed E-state index contributed by atoms with van der Waals surface area (Å²) in [7, 11) is 0. The predicted molar refractivity (Wildman–Crippen MR) is 123 cm³/mol. The number of hydrazone groups is 1. The number of rotatable bonds is 8.